The van der Waals surface area contributed by atoms with E-state index in [0.29, 0.717) is 34.9 Å². The van der Waals surface area contributed by atoms with Crippen LogP contribution in [0.25, 0.3) is 11.1 Å². The van der Waals surface area contributed by atoms with Crippen molar-refractivity contribution in [1.29, 1.82) is 0 Å². The summed E-state index contributed by atoms with van der Waals surface area (Å²) in [5.74, 6) is -1.13. The van der Waals surface area contributed by atoms with Crippen LogP contribution in [-0.4, -0.2) is 12.6 Å². The number of rotatable bonds is 2. The van der Waals surface area contributed by atoms with E-state index in [1.54, 1.807) is 6.07 Å². The predicted molar refractivity (Wildman–Crippen MR) is 74.0 cm³/mol. The Morgan fingerprint density at radius 1 is 1.20 bits per heavy atom. The van der Waals surface area contributed by atoms with Crippen LogP contribution in [0.2, 0.25) is 5.02 Å². The third-order valence-electron chi connectivity index (χ3n) is 3.36. The molecule has 1 atom stereocenters. The Kier molecular flexibility index (Phi) is 3.36. The maximum Gasteiger partial charge on any atom is 0.159 e. The van der Waals surface area contributed by atoms with Crippen LogP contribution < -0.4 is 10.5 Å². The Balaban J connectivity index is 2.13. The van der Waals surface area contributed by atoms with E-state index < -0.39 is 11.6 Å². The van der Waals surface area contributed by atoms with Crippen LogP contribution in [0.5, 0.6) is 5.75 Å². The molecule has 0 radical (unpaired) electrons. The fourth-order valence-electron chi connectivity index (χ4n) is 2.40. The average Bonchev–Trinajstić information content (AvgIpc) is 2.83. The molecule has 1 aliphatic heterocycles. The van der Waals surface area contributed by atoms with Gasteiger partial charge in [0.25, 0.3) is 0 Å². The molecule has 1 heterocycles. The fourth-order valence-corrected chi connectivity index (χ4v) is 2.64. The molecule has 5 heteroatoms. The molecule has 2 N–H and O–H groups in total. The summed E-state index contributed by atoms with van der Waals surface area (Å²) >= 11 is 6.09. The van der Waals surface area contributed by atoms with Gasteiger partial charge in [0, 0.05) is 23.6 Å². The smallest absolute Gasteiger partial charge is 0.159 e. The van der Waals surface area contributed by atoms with E-state index in [-0.39, 0.29) is 6.10 Å². The van der Waals surface area contributed by atoms with Crippen LogP contribution in [-0.2, 0) is 6.42 Å². The summed E-state index contributed by atoms with van der Waals surface area (Å²) in [6, 6.07) is 7.24. The van der Waals surface area contributed by atoms with Crippen LogP contribution in [0.1, 0.15) is 5.56 Å². The van der Waals surface area contributed by atoms with Crippen molar-refractivity contribution in [2.75, 3.05) is 6.54 Å². The van der Waals surface area contributed by atoms with Gasteiger partial charge < -0.3 is 10.5 Å². The van der Waals surface area contributed by atoms with E-state index in [0.717, 1.165) is 17.7 Å². The van der Waals surface area contributed by atoms with Crippen molar-refractivity contribution in [3.8, 4) is 16.9 Å². The Bertz CT molecular complexity index is 675. The van der Waals surface area contributed by atoms with Crippen molar-refractivity contribution in [3.63, 3.8) is 0 Å². The molecule has 3 rings (SSSR count). The Morgan fingerprint density at radius 2 is 2.00 bits per heavy atom. The van der Waals surface area contributed by atoms with Gasteiger partial charge in [-0.25, -0.2) is 8.78 Å². The maximum atomic E-state index is 13.4. The molecule has 2 aromatic carbocycles. The van der Waals surface area contributed by atoms with E-state index in [9.17, 15) is 8.78 Å². The molecular formula is C15H12ClF2NO. The van der Waals surface area contributed by atoms with Gasteiger partial charge in [-0.05, 0) is 35.4 Å². The first-order chi connectivity index (χ1) is 9.58. The van der Waals surface area contributed by atoms with E-state index in [4.69, 9.17) is 22.1 Å². The molecule has 0 aromatic heterocycles. The molecule has 0 amide bonds. The van der Waals surface area contributed by atoms with Gasteiger partial charge in [0.1, 0.15) is 11.9 Å². The summed E-state index contributed by atoms with van der Waals surface area (Å²) in [6.07, 6.45) is 0.566. The van der Waals surface area contributed by atoms with E-state index >= 15 is 0 Å². The second-order valence-corrected chi connectivity index (χ2v) is 5.19. The first kappa shape index (κ1) is 13.3. The van der Waals surface area contributed by atoms with E-state index in [1.807, 2.05) is 6.07 Å². The number of fused-ring (bicyclic) bond motifs is 1. The number of ether oxygens (including phenoxy) is 1. The van der Waals surface area contributed by atoms with Gasteiger partial charge in [0.2, 0.25) is 0 Å². The standard InChI is InChI=1S/C15H12ClF2NO/c16-10-3-9-4-11(7-19)20-15(9)12(6-10)8-1-2-13(17)14(18)5-8/h1-3,5-6,11H,4,7,19H2/t11-/m1/s1. The topological polar surface area (TPSA) is 35.2 Å². The van der Waals surface area contributed by atoms with Gasteiger partial charge in [-0.15, -0.1) is 0 Å². The lowest BCUT2D eigenvalue weighted by atomic mass is 10.0. The third kappa shape index (κ3) is 2.25. The first-order valence-corrected chi connectivity index (χ1v) is 6.61. The van der Waals surface area contributed by atoms with Crippen molar-refractivity contribution < 1.29 is 13.5 Å². The lowest BCUT2D eigenvalue weighted by Crippen LogP contribution is -2.24. The maximum absolute atomic E-state index is 13.4. The van der Waals surface area contributed by atoms with Gasteiger partial charge in [-0.3, -0.25) is 0 Å². The molecule has 0 aliphatic carbocycles. The number of benzene rings is 2. The third-order valence-corrected chi connectivity index (χ3v) is 3.57. The number of hydrogen-bond acceptors (Lipinski definition) is 2. The molecule has 0 saturated carbocycles. The summed E-state index contributed by atoms with van der Waals surface area (Å²) in [5.41, 5.74) is 7.74. The zero-order chi connectivity index (χ0) is 14.3. The van der Waals surface area contributed by atoms with Crippen molar-refractivity contribution in [2.24, 2.45) is 5.73 Å². The molecule has 0 fully saturated rings. The van der Waals surface area contributed by atoms with Crippen molar-refractivity contribution in [1.82, 2.24) is 0 Å². The normalized spacial score (nSPS) is 16.9. The highest BCUT2D eigenvalue weighted by atomic mass is 35.5. The van der Waals surface area contributed by atoms with Crippen molar-refractivity contribution >= 4 is 11.6 Å². The molecule has 20 heavy (non-hydrogen) atoms. The zero-order valence-corrected chi connectivity index (χ0v) is 11.3. The first-order valence-electron chi connectivity index (χ1n) is 6.23. The van der Waals surface area contributed by atoms with Gasteiger partial charge in [-0.1, -0.05) is 17.7 Å². The second kappa shape index (κ2) is 5.04. The zero-order valence-electron chi connectivity index (χ0n) is 10.5. The lowest BCUT2D eigenvalue weighted by Gasteiger charge is -2.11. The summed E-state index contributed by atoms with van der Waals surface area (Å²) in [4.78, 5) is 0. The fraction of sp³-hybridized carbons (Fsp3) is 0.200. The highest BCUT2D eigenvalue weighted by molar-refractivity contribution is 6.31. The van der Waals surface area contributed by atoms with Crippen LogP contribution in [0.15, 0.2) is 30.3 Å². The quantitative estimate of drug-likeness (QED) is 0.919. The van der Waals surface area contributed by atoms with Gasteiger partial charge in [-0.2, -0.15) is 0 Å². The van der Waals surface area contributed by atoms with Crippen molar-refractivity contribution in [3.05, 3.63) is 52.6 Å². The molecule has 104 valence electrons. The molecule has 1 aliphatic rings. The minimum absolute atomic E-state index is 0.104. The molecule has 0 spiro atoms. The second-order valence-electron chi connectivity index (χ2n) is 4.75. The van der Waals surface area contributed by atoms with Crippen LogP contribution in [0.3, 0.4) is 0 Å². The van der Waals surface area contributed by atoms with Crippen LogP contribution >= 0.6 is 11.6 Å². The molecule has 0 saturated heterocycles. The minimum atomic E-state index is -0.899. The summed E-state index contributed by atoms with van der Waals surface area (Å²) in [6.45, 7) is 0.392. The van der Waals surface area contributed by atoms with Crippen LogP contribution in [0, 0.1) is 11.6 Å². The SMILES string of the molecule is NC[C@H]1Cc2cc(Cl)cc(-c3ccc(F)c(F)c3)c2O1. The molecule has 2 nitrogen and oxygen atoms in total. The number of halogens is 3. The van der Waals surface area contributed by atoms with E-state index in [1.165, 1.54) is 6.07 Å². The highest BCUT2D eigenvalue weighted by Crippen LogP contribution is 2.41. The van der Waals surface area contributed by atoms with Crippen LogP contribution in [0.4, 0.5) is 8.78 Å². The Labute approximate surface area is 120 Å². The van der Waals surface area contributed by atoms with E-state index in [2.05, 4.69) is 0 Å². The molecule has 0 unspecified atom stereocenters. The summed E-state index contributed by atoms with van der Waals surface area (Å²) in [7, 11) is 0. The lowest BCUT2D eigenvalue weighted by molar-refractivity contribution is 0.242. The number of hydrogen-bond donors (Lipinski definition) is 1. The molecular weight excluding hydrogens is 284 g/mol. The molecule has 0 bridgehead atoms. The monoisotopic (exact) mass is 295 g/mol. The number of nitrogens with two attached hydrogens (primary N) is 1. The van der Waals surface area contributed by atoms with Gasteiger partial charge in [0.15, 0.2) is 11.6 Å². The Hall–Kier alpha value is -1.65. The largest absolute Gasteiger partial charge is 0.488 e. The summed E-state index contributed by atoms with van der Waals surface area (Å²) in [5, 5.41) is 0.532. The van der Waals surface area contributed by atoms with Gasteiger partial charge in [0.05, 0.1) is 0 Å². The molecule has 2 aromatic rings. The van der Waals surface area contributed by atoms with Crippen molar-refractivity contribution in [2.45, 2.75) is 12.5 Å². The minimum Gasteiger partial charge on any atom is -0.488 e. The van der Waals surface area contributed by atoms with Gasteiger partial charge >= 0.3 is 0 Å². The Morgan fingerprint density at radius 3 is 2.70 bits per heavy atom. The highest BCUT2D eigenvalue weighted by Gasteiger charge is 2.25. The summed E-state index contributed by atoms with van der Waals surface area (Å²) < 4.78 is 32.2. The predicted octanol–water partition coefficient (Wildman–Crippen LogP) is 3.55. The average molecular weight is 296 g/mol.